The first kappa shape index (κ1) is 29.2. The Bertz CT molecular complexity index is 1790. The van der Waals surface area contributed by atoms with Crippen molar-refractivity contribution >= 4 is 23.2 Å². The van der Waals surface area contributed by atoms with E-state index in [0.717, 1.165) is 44.9 Å². The maximum absolute atomic E-state index is 6.21. The first-order valence-electron chi connectivity index (χ1n) is 15.2. The summed E-state index contributed by atoms with van der Waals surface area (Å²) in [5, 5.41) is 0. The molecule has 0 heterocycles. The quantitative estimate of drug-likeness (QED) is 0.141. The molecule has 1 aliphatic carbocycles. The van der Waals surface area contributed by atoms with Crippen molar-refractivity contribution < 1.29 is 9.47 Å². The van der Waals surface area contributed by atoms with E-state index >= 15 is 0 Å². The Morgan fingerprint density at radius 2 is 0.822 bits per heavy atom. The zero-order chi connectivity index (χ0) is 30.6. The van der Waals surface area contributed by atoms with Gasteiger partial charge in [0, 0.05) is 11.1 Å². The fourth-order valence-corrected chi connectivity index (χ4v) is 6.94. The van der Waals surface area contributed by atoms with Crippen LogP contribution in [0.2, 0.25) is 0 Å². The molecule has 0 atom stereocenters. The number of halogens is 2. The second kappa shape index (κ2) is 12.9. The summed E-state index contributed by atoms with van der Waals surface area (Å²) in [5.74, 6) is 2.47. The summed E-state index contributed by atoms with van der Waals surface area (Å²) in [6, 6.07) is 51.7. The highest BCUT2D eigenvalue weighted by Crippen LogP contribution is 2.57. The van der Waals surface area contributed by atoms with Gasteiger partial charge in [-0.25, -0.2) is 0 Å². The zero-order valence-electron chi connectivity index (χ0n) is 24.8. The molecule has 222 valence electrons. The van der Waals surface area contributed by atoms with E-state index in [4.69, 9.17) is 32.7 Å². The Kier molecular flexibility index (Phi) is 8.35. The van der Waals surface area contributed by atoms with Crippen molar-refractivity contribution in [2.24, 2.45) is 0 Å². The smallest absolute Gasteiger partial charge is 0.127 e. The molecular weight excluding hydrogens is 595 g/mol. The van der Waals surface area contributed by atoms with Gasteiger partial charge in [-0.05, 0) is 68.8 Å². The molecule has 6 aromatic rings. The summed E-state index contributed by atoms with van der Waals surface area (Å²) in [5.41, 5.74) is 10.9. The second-order valence-corrected chi connectivity index (χ2v) is 11.8. The first-order chi connectivity index (χ1) is 22.3. The highest BCUT2D eigenvalue weighted by atomic mass is 35.5. The van der Waals surface area contributed by atoms with Crippen molar-refractivity contribution in [3.05, 3.63) is 168 Å². The van der Waals surface area contributed by atoms with E-state index in [2.05, 4.69) is 133 Å². The molecule has 6 aromatic carbocycles. The van der Waals surface area contributed by atoms with Crippen LogP contribution in [0.3, 0.4) is 0 Å². The van der Waals surface area contributed by atoms with Gasteiger partial charge in [0.2, 0.25) is 0 Å². The molecule has 0 aromatic heterocycles. The normalized spacial score (nSPS) is 12.8. The summed E-state index contributed by atoms with van der Waals surface area (Å²) >= 11 is 12.1. The number of fused-ring (bicyclic) bond motifs is 3. The number of alkyl halides is 2. The van der Waals surface area contributed by atoms with Crippen LogP contribution in [0.25, 0.3) is 33.4 Å². The van der Waals surface area contributed by atoms with E-state index in [1.54, 1.807) is 0 Å². The molecule has 0 N–H and O–H groups in total. The predicted octanol–water partition coefficient (Wildman–Crippen LogP) is 10.6. The van der Waals surface area contributed by atoms with Crippen LogP contribution in [0, 0.1) is 0 Å². The highest BCUT2D eigenvalue weighted by molar-refractivity contribution is 6.18. The lowest BCUT2D eigenvalue weighted by atomic mass is 9.67. The number of hydrogen-bond donors (Lipinski definition) is 0. The Balaban J connectivity index is 1.55. The number of rotatable bonds is 10. The summed E-state index contributed by atoms with van der Waals surface area (Å²) in [6.45, 7) is 0.865. The van der Waals surface area contributed by atoms with Crippen molar-refractivity contribution in [3.8, 4) is 44.9 Å². The molecule has 1 aliphatic rings. The third kappa shape index (κ3) is 5.19. The van der Waals surface area contributed by atoms with E-state index in [9.17, 15) is 0 Å². The minimum absolute atomic E-state index is 0.418. The van der Waals surface area contributed by atoms with Gasteiger partial charge < -0.3 is 9.47 Å². The third-order valence-corrected chi connectivity index (χ3v) is 8.93. The monoisotopic (exact) mass is 626 g/mol. The van der Waals surface area contributed by atoms with Gasteiger partial charge in [0.25, 0.3) is 0 Å². The molecular formula is C41H32Cl2O2. The van der Waals surface area contributed by atoms with E-state index in [1.165, 1.54) is 22.3 Å². The Hall–Kier alpha value is -4.50. The van der Waals surface area contributed by atoms with Crippen LogP contribution in [0.4, 0.5) is 0 Å². The molecule has 0 radical (unpaired) electrons. The van der Waals surface area contributed by atoms with Gasteiger partial charge in [-0.1, -0.05) is 121 Å². The van der Waals surface area contributed by atoms with Gasteiger partial charge in [-0.2, -0.15) is 0 Å². The van der Waals surface area contributed by atoms with Gasteiger partial charge in [0.1, 0.15) is 24.7 Å². The summed E-state index contributed by atoms with van der Waals surface area (Å²) < 4.78 is 12.4. The van der Waals surface area contributed by atoms with Gasteiger partial charge in [0.15, 0.2) is 0 Å². The molecule has 0 aliphatic heterocycles. The number of hydrogen-bond acceptors (Lipinski definition) is 2. The lowest BCUT2D eigenvalue weighted by Gasteiger charge is -2.35. The fraction of sp³-hybridized carbons (Fsp3) is 0.122. The van der Waals surface area contributed by atoms with Crippen molar-refractivity contribution in [3.63, 3.8) is 0 Å². The van der Waals surface area contributed by atoms with E-state index in [0.29, 0.717) is 25.0 Å². The molecule has 45 heavy (non-hydrogen) atoms. The fourth-order valence-electron chi connectivity index (χ4n) is 6.79. The zero-order valence-corrected chi connectivity index (χ0v) is 26.3. The molecule has 0 saturated heterocycles. The average Bonchev–Trinajstić information content (AvgIpc) is 3.41. The summed E-state index contributed by atoms with van der Waals surface area (Å²) in [7, 11) is 0. The van der Waals surface area contributed by atoms with E-state index in [-0.39, 0.29) is 0 Å². The maximum Gasteiger partial charge on any atom is 0.127 e. The minimum Gasteiger partial charge on any atom is -0.492 e. The van der Waals surface area contributed by atoms with Crippen molar-refractivity contribution in [1.29, 1.82) is 0 Å². The predicted molar refractivity (Wildman–Crippen MR) is 187 cm³/mol. The van der Waals surface area contributed by atoms with Crippen LogP contribution < -0.4 is 9.47 Å². The molecule has 0 bridgehead atoms. The van der Waals surface area contributed by atoms with Crippen molar-refractivity contribution in [2.75, 3.05) is 25.0 Å². The maximum atomic E-state index is 6.21. The molecule has 2 nitrogen and oxygen atoms in total. The Morgan fingerprint density at radius 1 is 0.422 bits per heavy atom. The number of ether oxygens (including phenoxy) is 2. The topological polar surface area (TPSA) is 18.5 Å². The average molecular weight is 628 g/mol. The SMILES string of the molecule is ClCCOc1ccc(C2(c3ccc(OCCCl)c(-c4ccccc4)c3)c3ccccc3-c3ccccc32)cc1-c1ccccc1. The Morgan fingerprint density at radius 3 is 1.24 bits per heavy atom. The molecule has 0 saturated carbocycles. The molecule has 0 spiro atoms. The molecule has 0 fully saturated rings. The van der Waals surface area contributed by atoms with Gasteiger partial charge >= 0.3 is 0 Å². The van der Waals surface area contributed by atoms with Crippen LogP contribution >= 0.6 is 23.2 Å². The minimum atomic E-state index is -0.601. The van der Waals surface area contributed by atoms with Crippen LogP contribution in [0.15, 0.2) is 146 Å². The molecule has 7 rings (SSSR count). The van der Waals surface area contributed by atoms with E-state index in [1.807, 2.05) is 12.1 Å². The lowest BCUT2D eigenvalue weighted by Crippen LogP contribution is -2.29. The summed E-state index contributed by atoms with van der Waals surface area (Å²) in [4.78, 5) is 0. The van der Waals surface area contributed by atoms with Crippen LogP contribution in [-0.4, -0.2) is 25.0 Å². The van der Waals surface area contributed by atoms with Gasteiger partial charge in [-0.15, -0.1) is 23.2 Å². The van der Waals surface area contributed by atoms with Gasteiger partial charge in [-0.3, -0.25) is 0 Å². The first-order valence-corrected chi connectivity index (χ1v) is 16.3. The van der Waals surface area contributed by atoms with Gasteiger partial charge in [0.05, 0.1) is 17.2 Å². The van der Waals surface area contributed by atoms with Crippen molar-refractivity contribution in [2.45, 2.75) is 5.41 Å². The largest absolute Gasteiger partial charge is 0.492 e. The van der Waals surface area contributed by atoms with Crippen molar-refractivity contribution in [1.82, 2.24) is 0 Å². The number of benzene rings is 6. The van der Waals surface area contributed by atoms with Crippen LogP contribution in [0.1, 0.15) is 22.3 Å². The van der Waals surface area contributed by atoms with Crippen LogP contribution in [0.5, 0.6) is 11.5 Å². The molecule has 4 heteroatoms. The molecule has 0 amide bonds. The lowest BCUT2D eigenvalue weighted by molar-refractivity contribution is 0.344. The standard InChI is InChI=1S/C41H32Cl2O2/c42-23-25-44-39-21-19-31(27-35(39)29-11-3-1-4-12-29)41(37-17-9-7-15-33(37)34-16-8-10-18-38(34)41)32-20-22-40(45-26-24-43)36(28-32)30-13-5-2-6-14-30/h1-22,27-28H,23-26H2. The highest BCUT2D eigenvalue weighted by Gasteiger charge is 2.46. The Labute approximate surface area is 274 Å². The van der Waals surface area contributed by atoms with Crippen LogP contribution in [-0.2, 0) is 5.41 Å². The summed E-state index contributed by atoms with van der Waals surface area (Å²) in [6.07, 6.45) is 0. The molecule has 0 unspecified atom stereocenters. The third-order valence-electron chi connectivity index (χ3n) is 8.62. The van der Waals surface area contributed by atoms with E-state index < -0.39 is 5.41 Å². The second-order valence-electron chi connectivity index (χ2n) is 11.1.